The number of nitrogens with zero attached hydrogens (tertiary/aromatic N) is 2. The van der Waals surface area contributed by atoms with Crippen molar-refractivity contribution in [3.8, 4) is 5.75 Å². The van der Waals surface area contributed by atoms with Crippen molar-refractivity contribution in [2.45, 2.75) is 38.4 Å². The van der Waals surface area contributed by atoms with E-state index in [0.29, 0.717) is 43.6 Å². The molecule has 1 heterocycles. The quantitative estimate of drug-likeness (QED) is 0.612. The zero-order chi connectivity index (χ0) is 23.1. The normalized spacial score (nSPS) is 14.8. The van der Waals surface area contributed by atoms with E-state index in [2.05, 4.69) is 0 Å². The highest BCUT2D eigenvalue weighted by molar-refractivity contribution is 5.95. The van der Waals surface area contributed by atoms with Gasteiger partial charge in [0.15, 0.2) is 6.61 Å². The van der Waals surface area contributed by atoms with Crippen LogP contribution in [0, 0.1) is 0 Å². The van der Waals surface area contributed by atoms with Gasteiger partial charge in [0.05, 0.1) is 0 Å². The molecule has 2 aromatic rings. The monoisotopic (exact) mass is 448 g/mol. The van der Waals surface area contributed by atoms with Crippen molar-refractivity contribution in [1.29, 1.82) is 0 Å². The van der Waals surface area contributed by atoms with Crippen molar-refractivity contribution >= 4 is 11.8 Å². The van der Waals surface area contributed by atoms with Crippen molar-refractivity contribution in [3.63, 3.8) is 0 Å². The Hall–Kier alpha value is -3.03. The largest absolute Gasteiger partial charge is 0.484 e. The lowest BCUT2D eigenvalue weighted by Gasteiger charge is -2.38. The maximum atomic E-state index is 13.1. The van der Waals surface area contributed by atoms with Crippen molar-refractivity contribution in [2.24, 2.45) is 0 Å². The number of likely N-dealkylation sites (tertiary alicyclic amines) is 1. The van der Waals surface area contributed by atoms with E-state index in [1.807, 2.05) is 34.9 Å². The fourth-order valence-electron chi connectivity index (χ4n) is 3.86. The molecule has 0 aliphatic carbocycles. The van der Waals surface area contributed by atoms with E-state index in [-0.39, 0.29) is 23.6 Å². The molecule has 32 heavy (non-hydrogen) atoms. The van der Waals surface area contributed by atoms with E-state index < -0.39 is 12.8 Å². The Bertz CT molecular complexity index is 893. The molecule has 1 aliphatic heterocycles. The van der Waals surface area contributed by atoms with Crippen LogP contribution in [0.3, 0.4) is 0 Å². The Morgan fingerprint density at radius 2 is 1.62 bits per heavy atom. The van der Waals surface area contributed by atoms with Crippen molar-refractivity contribution in [1.82, 2.24) is 9.80 Å². The van der Waals surface area contributed by atoms with Crippen LogP contribution in [-0.4, -0.2) is 60.1 Å². The number of carbonyl (C=O) groups excluding carboxylic acids is 2. The lowest BCUT2D eigenvalue weighted by molar-refractivity contribution is -0.153. The molecule has 2 aromatic carbocycles. The highest BCUT2D eigenvalue weighted by Crippen LogP contribution is 2.23. The summed E-state index contributed by atoms with van der Waals surface area (Å²) >= 11 is 0. The summed E-state index contributed by atoms with van der Waals surface area (Å²) in [6, 6.07) is 14.9. The second kappa shape index (κ2) is 10.5. The van der Waals surface area contributed by atoms with Crippen LogP contribution in [0.15, 0.2) is 54.6 Å². The topological polar surface area (TPSA) is 49.9 Å². The first kappa shape index (κ1) is 23.6. The van der Waals surface area contributed by atoms with Gasteiger partial charge in [-0.1, -0.05) is 25.1 Å². The predicted octanol–water partition coefficient (Wildman–Crippen LogP) is 4.78. The fourth-order valence-corrected chi connectivity index (χ4v) is 3.86. The summed E-state index contributed by atoms with van der Waals surface area (Å²) in [5.41, 5.74) is 1.06. The van der Waals surface area contributed by atoms with Gasteiger partial charge in [-0.3, -0.25) is 9.59 Å². The number of piperidine rings is 1. The van der Waals surface area contributed by atoms with Crippen LogP contribution in [0.2, 0.25) is 0 Å². The van der Waals surface area contributed by atoms with Gasteiger partial charge in [0.1, 0.15) is 5.75 Å². The first-order chi connectivity index (χ1) is 15.3. The second-order valence-electron chi connectivity index (χ2n) is 7.82. The van der Waals surface area contributed by atoms with E-state index in [0.717, 1.165) is 6.42 Å². The van der Waals surface area contributed by atoms with Gasteiger partial charge >= 0.3 is 6.18 Å². The van der Waals surface area contributed by atoms with Crippen LogP contribution in [0.1, 0.15) is 46.9 Å². The molecule has 2 amide bonds. The molecule has 0 unspecified atom stereocenters. The van der Waals surface area contributed by atoms with Crippen LogP contribution in [0.5, 0.6) is 5.75 Å². The molecule has 0 spiro atoms. The third-order valence-corrected chi connectivity index (χ3v) is 5.44. The van der Waals surface area contributed by atoms with Crippen LogP contribution in [-0.2, 0) is 0 Å². The molecule has 172 valence electrons. The Morgan fingerprint density at radius 3 is 2.19 bits per heavy atom. The average molecular weight is 448 g/mol. The number of halogens is 3. The zero-order valence-electron chi connectivity index (χ0n) is 18.0. The summed E-state index contributed by atoms with van der Waals surface area (Å²) in [4.78, 5) is 29.4. The summed E-state index contributed by atoms with van der Waals surface area (Å²) in [6.07, 6.45) is -2.28. The standard InChI is InChI=1S/C24H27F3N2O3/c1-2-14-29(23(31)19-8-10-21(11-9-19)32-17-24(25,26)27)20-12-15-28(16-13-20)22(30)18-6-4-3-5-7-18/h3-11,20H,2,12-17H2,1H3. The van der Waals surface area contributed by atoms with Gasteiger partial charge in [-0.05, 0) is 55.7 Å². The van der Waals surface area contributed by atoms with E-state index in [1.54, 1.807) is 12.1 Å². The minimum atomic E-state index is -4.41. The van der Waals surface area contributed by atoms with Crippen molar-refractivity contribution in [2.75, 3.05) is 26.2 Å². The first-order valence-corrected chi connectivity index (χ1v) is 10.7. The molecule has 0 bridgehead atoms. The van der Waals surface area contributed by atoms with E-state index in [9.17, 15) is 22.8 Å². The third-order valence-electron chi connectivity index (χ3n) is 5.44. The van der Waals surface area contributed by atoms with Gasteiger partial charge in [0.25, 0.3) is 11.8 Å². The number of carbonyl (C=O) groups is 2. The summed E-state index contributed by atoms with van der Waals surface area (Å²) in [6.45, 7) is 2.32. The lowest BCUT2D eigenvalue weighted by atomic mass is 10.0. The number of benzene rings is 2. The average Bonchev–Trinajstić information content (AvgIpc) is 2.81. The fraction of sp³-hybridized carbons (Fsp3) is 0.417. The zero-order valence-corrected chi connectivity index (χ0v) is 18.0. The minimum absolute atomic E-state index is 0.00318. The van der Waals surface area contributed by atoms with Gasteiger partial charge in [-0.25, -0.2) is 0 Å². The highest BCUT2D eigenvalue weighted by atomic mass is 19.4. The first-order valence-electron chi connectivity index (χ1n) is 10.7. The predicted molar refractivity (Wildman–Crippen MR) is 115 cm³/mol. The SMILES string of the molecule is CCCN(C(=O)c1ccc(OCC(F)(F)F)cc1)C1CCN(C(=O)c2ccccc2)CC1. The number of rotatable bonds is 7. The van der Waals surface area contributed by atoms with Crippen LogP contribution < -0.4 is 4.74 Å². The Balaban J connectivity index is 1.61. The van der Waals surface area contributed by atoms with Crippen molar-refractivity contribution < 1.29 is 27.5 Å². The molecule has 0 atom stereocenters. The summed E-state index contributed by atoms with van der Waals surface area (Å²) in [5.74, 6) is -0.109. The Kier molecular flexibility index (Phi) is 7.77. The molecule has 0 saturated carbocycles. The molecule has 1 fully saturated rings. The van der Waals surface area contributed by atoms with E-state index in [1.165, 1.54) is 24.3 Å². The van der Waals surface area contributed by atoms with E-state index in [4.69, 9.17) is 4.74 Å². The molecular formula is C24H27F3N2O3. The molecule has 0 aromatic heterocycles. The van der Waals surface area contributed by atoms with E-state index >= 15 is 0 Å². The molecule has 8 heteroatoms. The minimum Gasteiger partial charge on any atom is -0.484 e. The maximum absolute atomic E-state index is 13.1. The smallest absolute Gasteiger partial charge is 0.422 e. The third kappa shape index (κ3) is 6.24. The molecule has 1 aliphatic rings. The van der Waals surface area contributed by atoms with Gasteiger partial charge in [0.2, 0.25) is 0 Å². The Morgan fingerprint density at radius 1 is 1.00 bits per heavy atom. The number of hydrogen-bond donors (Lipinski definition) is 0. The molecule has 1 saturated heterocycles. The maximum Gasteiger partial charge on any atom is 0.422 e. The molecular weight excluding hydrogens is 421 g/mol. The highest BCUT2D eigenvalue weighted by Gasteiger charge is 2.31. The van der Waals surface area contributed by atoms with Crippen LogP contribution >= 0.6 is 0 Å². The Labute approximate surface area is 185 Å². The van der Waals surface area contributed by atoms with Crippen LogP contribution in [0.4, 0.5) is 13.2 Å². The number of alkyl halides is 3. The summed E-state index contributed by atoms with van der Waals surface area (Å²) < 4.78 is 41.6. The number of ether oxygens (including phenoxy) is 1. The summed E-state index contributed by atoms with van der Waals surface area (Å²) in [7, 11) is 0. The lowest BCUT2D eigenvalue weighted by Crippen LogP contribution is -2.49. The van der Waals surface area contributed by atoms with Gasteiger partial charge in [-0.15, -0.1) is 0 Å². The molecule has 0 N–H and O–H groups in total. The molecule has 3 rings (SSSR count). The van der Waals surface area contributed by atoms with Gasteiger partial charge in [0, 0.05) is 36.8 Å². The van der Waals surface area contributed by atoms with Crippen LogP contribution in [0.25, 0.3) is 0 Å². The second-order valence-corrected chi connectivity index (χ2v) is 7.82. The molecule has 0 radical (unpaired) electrons. The van der Waals surface area contributed by atoms with Gasteiger partial charge < -0.3 is 14.5 Å². The molecule has 5 nitrogen and oxygen atoms in total. The van der Waals surface area contributed by atoms with Gasteiger partial charge in [-0.2, -0.15) is 13.2 Å². The number of amides is 2. The summed E-state index contributed by atoms with van der Waals surface area (Å²) in [5, 5.41) is 0. The van der Waals surface area contributed by atoms with Crippen molar-refractivity contribution in [3.05, 3.63) is 65.7 Å². The number of hydrogen-bond acceptors (Lipinski definition) is 3.